The van der Waals surface area contributed by atoms with E-state index in [2.05, 4.69) is 70.4 Å². The van der Waals surface area contributed by atoms with E-state index in [0.29, 0.717) is 0 Å². The first-order valence-corrected chi connectivity index (χ1v) is 9.40. The molecule has 0 amide bonds. The average molecular weight is 342 g/mol. The smallest absolute Gasteiger partial charge is 0.0638 e. The number of benzene rings is 1. The standard InChI is InChI=1S/C20H31N5/c1-4-24-9-11-25(12-10-24)15-19-8-6-5-7-18(19)13-21-14-20-16(2)22-23-17(20)3/h5-8,21H,4,9-15H2,1-3H3,(H,22,23). The lowest BCUT2D eigenvalue weighted by Gasteiger charge is -2.34. The van der Waals surface area contributed by atoms with E-state index in [-0.39, 0.29) is 0 Å². The number of hydrogen-bond acceptors (Lipinski definition) is 4. The Kier molecular flexibility index (Phi) is 6.24. The summed E-state index contributed by atoms with van der Waals surface area (Å²) in [6, 6.07) is 8.83. The van der Waals surface area contributed by atoms with Crippen molar-refractivity contribution in [1.29, 1.82) is 0 Å². The zero-order valence-corrected chi connectivity index (χ0v) is 15.8. The van der Waals surface area contributed by atoms with Gasteiger partial charge in [-0.15, -0.1) is 0 Å². The first-order valence-electron chi connectivity index (χ1n) is 9.40. The molecule has 0 aliphatic carbocycles. The zero-order chi connectivity index (χ0) is 17.6. The molecule has 25 heavy (non-hydrogen) atoms. The fourth-order valence-corrected chi connectivity index (χ4v) is 3.55. The van der Waals surface area contributed by atoms with E-state index in [0.717, 1.165) is 31.0 Å². The Labute approximate surface area is 151 Å². The van der Waals surface area contributed by atoms with Gasteiger partial charge < -0.3 is 10.2 Å². The van der Waals surface area contributed by atoms with Crippen LogP contribution in [0.2, 0.25) is 0 Å². The number of aromatic amines is 1. The summed E-state index contributed by atoms with van der Waals surface area (Å²) in [6.07, 6.45) is 0. The van der Waals surface area contributed by atoms with Gasteiger partial charge in [-0.05, 0) is 31.5 Å². The fourth-order valence-electron chi connectivity index (χ4n) is 3.55. The van der Waals surface area contributed by atoms with Crippen LogP contribution in [0.4, 0.5) is 0 Å². The lowest BCUT2D eigenvalue weighted by molar-refractivity contribution is 0.131. The zero-order valence-electron chi connectivity index (χ0n) is 15.8. The van der Waals surface area contributed by atoms with Crippen molar-refractivity contribution < 1.29 is 0 Å². The number of likely N-dealkylation sites (N-methyl/N-ethyl adjacent to an activating group) is 1. The molecule has 2 N–H and O–H groups in total. The minimum absolute atomic E-state index is 0.859. The van der Waals surface area contributed by atoms with Gasteiger partial charge in [0.05, 0.1) is 5.69 Å². The van der Waals surface area contributed by atoms with Crippen molar-refractivity contribution in [2.24, 2.45) is 0 Å². The highest BCUT2D eigenvalue weighted by molar-refractivity contribution is 5.28. The number of nitrogens with zero attached hydrogens (tertiary/aromatic N) is 3. The number of hydrogen-bond donors (Lipinski definition) is 2. The van der Waals surface area contributed by atoms with Crippen LogP contribution < -0.4 is 5.32 Å². The fraction of sp³-hybridized carbons (Fsp3) is 0.550. The third-order valence-corrected chi connectivity index (χ3v) is 5.32. The Morgan fingerprint density at radius 2 is 1.68 bits per heavy atom. The first kappa shape index (κ1) is 18.1. The Balaban J connectivity index is 1.56. The second-order valence-corrected chi connectivity index (χ2v) is 7.00. The number of aromatic nitrogens is 2. The SMILES string of the molecule is CCN1CCN(Cc2ccccc2CNCc2c(C)n[nH]c2C)CC1. The van der Waals surface area contributed by atoms with Gasteiger partial charge in [0.15, 0.2) is 0 Å². The van der Waals surface area contributed by atoms with Crippen molar-refractivity contribution >= 4 is 0 Å². The van der Waals surface area contributed by atoms with Crippen LogP contribution in [0.5, 0.6) is 0 Å². The first-order chi connectivity index (χ1) is 12.2. The third-order valence-electron chi connectivity index (χ3n) is 5.32. The Morgan fingerprint density at radius 3 is 2.32 bits per heavy atom. The average Bonchev–Trinajstić information content (AvgIpc) is 2.96. The van der Waals surface area contributed by atoms with Gasteiger partial charge in [0.2, 0.25) is 0 Å². The quantitative estimate of drug-likeness (QED) is 0.812. The Bertz CT molecular complexity index is 651. The van der Waals surface area contributed by atoms with E-state index in [9.17, 15) is 0 Å². The summed E-state index contributed by atoms with van der Waals surface area (Å²) in [7, 11) is 0. The molecule has 1 aromatic heterocycles. The highest BCUT2D eigenvalue weighted by atomic mass is 15.3. The molecule has 3 rings (SSSR count). The molecule has 0 saturated carbocycles. The van der Waals surface area contributed by atoms with Gasteiger partial charge >= 0.3 is 0 Å². The second kappa shape index (κ2) is 8.61. The topological polar surface area (TPSA) is 47.2 Å². The van der Waals surface area contributed by atoms with Crippen LogP contribution >= 0.6 is 0 Å². The molecule has 1 aliphatic heterocycles. The molecule has 5 heteroatoms. The van der Waals surface area contributed by atoms with E-state index < -0.39 is 0 Å². The molecule has 1 aromatic carbocycles. The molecule has 0 spiro atoms. The molecule has 0 radical (unpaired) electrons. The summed E-state index contributed by atoms with van der Waals surface area (Å²) in [5.74, 6) is 0. The number of piperazine rings is 1. The second-order valence-electron chi connectivity index (χ2n) is 7.00. The highest BCUT2D eigenvalue weighted by Crippen LogP contribution is 2.14. The Morgan fingerprint density at radius 1 is 1.00 bits per heavy atom. The normalized spacial score (nSPS) is 16.4. The van der Waals surface area contributed by atoms with Gasteiger partial charge in [0, 0.05) is 57.1 Å². The van der Waals surface area contributed by atoms with Gasteiger partial charge in [-0.3, -0.25) is 10.00 Å². The lowest BCUT2D eigenvalue weighted by Crippen LogP contribution is -2.45. The van der Waals surface area contributed by atoms with Crippen molar-refractivity contribution in [2.75, 3.05) is 32.7 Å². The van der Waals surface area contributed by atoms with Crippen LogP contribution in [-0.4, -0.2) is 52.7 Å². The van der Waals surface area contributed by atoms with Gasteiger partial charge in [0.25, 0.3) is 0 Å². The molecule has 5 nitrogen and oxygen atoms in total. The van der Waals surface area contributed by atoms with Crippen LogP contribution in [0, 0.1) is 13.8 Å². The van der Waals surface area contributed by atoms with Gasteiger partial charge in [-0.25, -0.2) is 0 Å². The van der Waals surface area contributed by atoms with Crippen molar-refractivity contribution in [2.45, 2.75) is 40.4 Å². The van der Waals surface area contributed by atoms with E-state index in [4.69, 9.17) is 0 Å². The maximum atomic E-state index is 4.27. The molecule has 1 aliphatic rings. The van der Waals surface area contributed by atoms with Crippen LogP contribution in [0.15, 0.2) is 24.3 Å². The summed E-state index contributed by atoms with van der Waals surface area (Å²) in [6.45, 7) is 15.1. The van der Waals surface area contributed by atoms with Crippen molar-refractivity contribution in [1.82, 2.24) is 25.3 Å². The van der Waals surface area contributed by atoms with E-state index in [1.807, 2.05) is 0 Å². The Hall–Kier alpha value is -1.69. The van der Waals surface area contributed by atoms with Crippen LogP contribution in [-0.2, 0) is 19.6 Å². The summed E-state index contributed by atoms with van der Waals surface area (Å²) in [4.78, 5) is 5.11. The summed E-state index contributed by atoms with van der Waals surface area (Å²) < 4.78 is 0. The third kappa shape index (κ3) is 4.69. The van der Waals surface area contributed by atoms with Crippen LogP contribution in [0.1, 0.15) is 35.0 Å². The molecule has 1 fully saturated rings. The molecular weight excluding hydrogens is 310 g/mol. The van der Waals surface area contributed by atoms with Crippen molar-refractivity contribution in [3.63, 3.8) is 0 Å². The number of aryl methyl sites for hydroxylation is 2. The predicted molar refractivity (Wildman–Crippen MR) is 102 cm³/mol. The molecule has 0 bridgehead atoms. The molecule has 1 saturated heterocycles. The predicted octanol–water partition coefficient (Wildman–Crippen LogP) is 2.45. The maximum Gasteiger partial charge on any atom is 0.0638 e. The molecule has 0 unspecified atom stereocenters. The van der Waals surface area contributed by atoms with Crippen molar-refractivity contribution in [3.8, 4) is 0 Å². The highest BCUT2D eigenvalue weighted by Gasteiger charge is 2.16. The lowest BCUT2D eigenvalue weighted by atomic mass is 10.1. The van der Waals surface area contributed by atoms with Gasteiger partial charge in [-0.2, -0.15) is 5.10 Å². The van der Waals surface area contributed by atoms with Gasteiger partial charge in [-0.1, -0.05) is 31.2 Å². The van der Waals surface area contributed by atoms with Crippen LogP contribution in [0.25, 0.3) is 0 Å². The summed E-state index contributed by atoms with van der Waals surface area (Å²) in [5, 5.41) is 10.9. The number of rotatable bonds is 7. The van der Waals surface area contributed by atoms with E-state index >= 15 is 0 Å². The molecule has 2 aromatic rings. The molecular formula is C20H31N5. The summed E-state index contributed by atoms with van der Waals surface area (Å²) in [5.41, 5.74) is 6.38. The minimum Gasteiger partial charge on any atom is -0.308 e. The number of nitrogens with one attached hydrogen (secondary N) is 2. The minimum atomic E-state index is 0.859. The largest absolute Gasteiger partial charge is 0.308 e. The summed E-state index contributed by atoms with van der Waals surface area (Å²) >= 11 is 0. The van der Waals surface area contributed by atoms with E-state index in [1.54, 1.807) is 0 Å². The maximum absolute atomic E-state index is 4.27. The van der Waals surface area contributed by atoms with Crippen molar-refractivity contribution in [3.05, 3.63) is 52.3 Å². The van der Waals surface area contributed by atoms with E-state index in [1.165, 1.54) is 49.4 Å². The molecule has 136 valence electrons. The monoisotopic (exact) mass is 341 g/mol. The molecule has 0 atom stereocenters. The number of H-pyrrole nitrogens is 1. The van der Waals surface area contributed by atoms with Crippen LogP contribution in [0.3, 0.4) is 0 Å². The molecule has 2 heterocycles. The van der Waals surface area contributed by atoms with Gasteiger partial charge in [0.1, 0.15) is 0 Å².